The van der Waals surface area contributed by atoms with Crippen molar-refractivity contribution in [2.75, 3.05) is 11.4 Å². The molecule has 4 rings (SSSR count). The van der Waals surface area contributed by atoms with Crippen LogP contribution in [0.2, 0.25) is 0 Å². The van der Waals surface area contributed by atoms with Crippen molar-refractivity contribution in [2.24, 2.45) is 0 Å². The Labute approximate surface area is 158 Å². The molecule has 0 unspecified atom stereocenters. The quantitative estimate of drug-likeness (QED) is 0.512. The average molecular weight is 384 g/mol. The number of carbonyl (C=O) groups excluding carboxylic acids is 1. The van der Waals surface area contributed by atoms with Gasteiger partial charge in [0.2, 0.25) is 0 Å². The normalized spacial score (nSPS) is 11.2. The van der Waals surface area contributed by atoms with Gasteiger partial charge in [0.25, 0.3) is 5.91 Å². The fourth-order valence-electron chi connectivity index (χ4n) is 2.71. The van der Waals surface area contributed by atoms with Crippen molar-refractivity contribution in [3.05, 3.63) is 60.4 Å². The zero-order chi connectivity index (χ0) is 18.8. The highest BCUT2D eigenvalue weighted by atomic mass is 32.1. The van der Waals surface area contributed by atoms with E-state index < -0.39 is 0 Å². The Balaban J connectivity index is 1.68. The summed E-state index contributed by atoms with van der Waals surface area (Å²) in [4.78, 5) is 19.2. The third-order valence-electron chi connectivity index (χ3n) is 4.11. The summed E-state index contributed by atoms with van der Waals surface area (Å²) in [5.74, 6) is -0.567. The molecule has 9 heteroatoms. The van der Waals surface area contributed by atoms with E-state index in [-0.39, 0.29) is 11.7 Å². The molecule has 138 valence electrons. The van der Waals surface area contributed by atoms with Crippen molar-refractivity contribution in [1.29, 1.82) is 0 Å². The lowest BCUT2D eigenvalue weighted by atomic mass is 10.3. The fourth-order valence-corrected chi connectivity index (χ4v) is 3.73. The van der Waals surface area contributed by atoms with E-state index in [0.717, 1.165) is 0 Å². The summed E-state index contributed by atoms with van der Waals surface area (Å²) in [7, 11) is 0. The summed E-state index contributed by atoms with van der Waals surface area (Å²) in [6.45, 7) is 3.53. The lowest BCUT2D eigenvalue weighted by molar-refractivity contribution is 0.0980. The van der Waals surface area contributed by atoms with Crippen LogP contribution in [0.15, 0.2) is 48.9 Å². The minimum absolute atomic E-state index is 0.242. The summed E-state index contributed by atoms with van der Waals surface area (Å²) in [6, 6.07) is 7.94. The van der Waals surface area contributed by atoms with Crippen LogP contribution in [0.25, 0.3) is 10.2 Å². The predicted octanol–water partition coefficient (Wildman–Crippen LogP) is 3.20. The number of hydrogen-bond acceptors (Lipinski definition) is 5. The number of nitrogens with zero attached hydrogens (tertiary/aromatic N) is 6. The molecular weight excluding hydrogens is 367 g/mol. The summed E-state index contributed by atoms with van der Waals surface area (Å²) in [5.41, 5.74) is 1.01. The van der Waals surface area contributed by atoms with E-state index in [1.54, 1.807) is 38.8 Å². The topological polar surface area (TPSA) is 68.8 Å². The molecule has 1 amide bonds. The van der Waals surface area contributed by atoms with E-state index >= 15 is 0 Å². The van der Waals surface area contributed by atoms with E-state index in [1.807, 2.05) is 19.2 Å². The number of anilines is 1. The number of aromatic nitrogens is 5. The monoisotopic (exact) mass is 384 g/mol. The zero-order valence-electron chi connectivity index (χ0n) is 14.6. The third kappa shape index (κ3) is 3.59. The molecule has 0 saturated carbocycles. The molecule has 0 radical (unpaired) electrons. The molecule has 1 aromatic carbocycles. The lowest BCUT2D eigenvalue weighted by Crippen LogP contribution is -2.34. The number of thiazole rings is 1. The SMILES string of the molecule is CCn1ccc(C(=O)N(CCn2cccn2)c2nc3ccc(F)cc3s2)n1. The van der Waals surface area contributed by atoms with Crippen molar-refractivity contribution in [2.45, 2.75) is 20.0 Å². The first kappa shape index (κ1) is 17.3. The highest BCUT2D eigenvalue weighted by Crippen LogP contribution is 2.30. The standard InChI is InChI=1S/C18H17FN6OS/c1-2-23-9-6-15(22-23)17(26)25(11-10-24-8-3-7-20-24)18-21-14-5-4-13(19)12-16(14)27-18/h3-9,12H,2,10-11H2,1H3. The molecule has 0 bridgehead atoms. The van der Waals surface area contributed by atoms with Gasteiger partial charge in [0.05, 0.1) is 16.8 Å². The van der Waals surface area contributed by atoms with E-state index in [4.69, 9.17) is 0 Å². The van der Waals surface area contributed by atoms with Gasteiger partial charge in [-0.3, -0.25) is 19.1 Å². The molecule has 4 aromatic rings. The van der Waals surface area contributed by atoms with Crippen molar-refractivity contribution in [3.63, 3.8) is 0 Å². The van der Waals surface area contributed by atoms with Crippen LogP contribution in [0.5, 0.6) is 0 Å². The van der Waals surface area contributed by atoms with Gasteiger partial charge in [-0.2, -0.15) is 10.2 Å². The fraction of sp³-hybridized carbons (Fsp3) is 0.222. The smallest absolute Gasteiger partial charge is 0.280 e. The molecule has 0 spiro atoms. The summed E-state index contributed by atoms with van der Waals surface area (Å²) in [5, 5.41) is 9.00. The lowest BCUT2D eigenvalue weighted by Gasteiger charge is -2.18. The van der Waals surface area contributed by atoms with E-state index in [2.05, 4.69) is 15.2 Å². The first-order valence-electron chi connectivity index (χ1n) is 8.53. The second-order valence-corrected chi connectivity index (χ2v) is 6.90. The molecule has 7 nitrogen and oxygen atoms in total. The van der Waals surface area contributed by atoms with Gasteiger partial charge in [0.15, 0.2) is 10.8 Å². The number of halogens is 1. The Kier molecular flexibility index (Phi) is 4.68. The second-order valence-electron chi connectivity index (χ2n) is 5.89. The highest BCUT2D eigenvalue weighted by molar-refractivity contribution is 7.22. The zero-order valence-corrected chi connectivity index (χ0v) is 15.4. The minimum Gasteiger partial charge on any atom is -0.281 e. The van der Waals surface area contributed by atoms with Gasteiger partial charge in [0, 0.05) is 31.7 Å². The number of aryl methyl sites for hydroxylation is 1. The van der Waals surface area contributed by atoms with Gasteiger partial charge in [0.1, 0.15) is 5.82 Å². The summed E-state index contributed by atoms with van der Waals surface area (Å²) < 4.78 is 17.7. The summed E-state index contributed by atoms with van der Waals surface area (Å²) in [6.07, 6.45) is 5.30. The van der Waals surface area contributed by atoms with Crippen LogP contribution < -0.4 is 4.90 Å². The third-order valence-corrected chi connectivity index (χ3v) is 5.15. The molecule has 3 aromatic heterocycles. The molecule has 0 fully saturated rings. The number of fused-ring (bicyclic) bond motifs is 1. The molecule has 0 aliphatic heterocycles. The Morgan fingerprint density at radius 2 is 2.15 bits per heavy atom. The van der Waals surface area contributed by atoms with Gasteiger partial charge in [-0.15, -0.1) is 0 Å². The molecule has 0 N–H and O–H groups in total. The molecule has 0 saturated heterocycles. The number of amides is 1. The van der Waals surface area contributed by atoms with E-state index in [1.165, 1.54) is 23.5 Å². The number of benzene rings is 1. The maximum absolute atomic E-state index is 13.5. The van der Waals surface area contributed by atoms with Crippen molar-refractivity contribution in [3.8, 4) is 0 Å². The Hall–Kier alpha value is -3.07. The molecule has 0 aliphatic carbocycles. The largest absolute Gasteiger partial charge is 0.281 e. The van der Waals surface area contributed by atoms with Crippen LogP contribution in [0.1, 0.15) is 17.4 Å². The highest BCUT2D eigenvalue weighted by Gasteiger charge is 2.23. The molecule has 0 aliphatic rings. The Morgan fingerprint density at radius 3 is 2.89 bits per heavy atom. The maximum atomic E-state index is 13.5. The van der Waals surface area contributed by atoms with Gasteiger partial charge in [-0.05, 0) is 37.3 Å². The Morgan fingerprint density at radius 1 is 1.26 bits per heavy atom. The number of hydrogen-bond donors (Lipinski definition) is 0. The van der Waals surface area contributed by atoms with Crippen molar-refractivity contribution < 1.29 is 9.18 Å². The van der Waals surface area contributed by atoms with E-state index in [9.17, 15) is 9.18 Å². The van der Waals surface area contributed by atoms with Gasteiger partial charge in [-0.1, -0.05) is 11.3 Å². The summed E-state index contributed by atoms with van der Waals surface area (Å²) >= 11 is 1.28. The van der Waals surface area contributed by atoms with Crippen LogP contribution in [-0.2, 0) is 13.1 Å². The first-order chi connectivity index (χ1) is 13.1. The molecule has 3 heterocycles. The molecule has 27 heavy (non-hydrogen) atoms. The van der Waals surface area contributed by atoms with Crippen LogP contribution in [0.3, 0.4) is 0 Å². The van der Waals surface area contributed by atoms with Gasteiger partial charge in [-0.25, -0.2) is 9.37 Å². The minimum atomic E-state index is -0.325. The van der Waals surface area contributed by atoms with Crippen LogP contribution in [0.4, 0.5) is 9.52 Å². The number of carbonyl (C=O) groups is 1. The van der Waals surface area contributed by atoms with Gasteiger partial charge < -0.3 is 0 Å². The van der Waals surface area contributed by atoms with Crippen molar-refractivity contribution >= 4 is 32.6 Å². The average Bonchev–Trinajstić information content (AvgIpc) is 3.41. The van der Waals surface area contributed by atoms with Crippen LogP contribution in [0, 0.1) is 5.82 Å². The predicted molar refractivity (Wildman–Crippen MR) is 101 cm³/mol. The maximum Gasteiger partial charge on any atom is 0.280 e. The second kappa shape index (κ2) is 7.28. The Bertz CT molecular complexity index is 1070. The van der Waals surface area contributed by atoms with Crippen LogP contribution in [-0.4, -0.2) is 37.0 Å². The first-order valence-corrected chi connectivity index (χ1v) is 9.34. The molecular formula is C18H17FN6OS. The number of rotatable bonds is 6. The van der Waals surface area contributed by atoms with E-state index in [0.29, 0.717) is 40.7 Å². The van der Waals surface area contributed by atoms with Gasteiger partial charge >= 0.3 is 0 Å². The van der Waals surface area contributed by atoms with Crippen LogP contribution >= 0.6 is 11.3 Å². The molecule has 0 atom stereocenters. The van der Waals surface area contributed by atoms with Crippen molar-refractivity contribution in [1.82, 2.24) is 24.5 Å².